The average Bonchev–Trinajstić information content (AvgIpc) is 2.74. The molecule has 0 fully saturated rings. The zero-order valence-corrected chi connectivity index (χ0v) is 9.69. The number of fused-ring (bicyclic) bond motifs is 1. The van der Waals surface area contributed by atoms with E-state index in [2.05, 4.69) is 4.98 Å². The van der Waals surface area contributed by atoms with Gasteiger partial charge in [0.15, 0.2) is 0 Å². The van der Waals surface area contributed by atoms with Crippen molar-refractivity contribution in [2.75, 3.05) is 0 Å². The smallest absolute Gasteiger partial charge is 0.137 e. The van der Waals surface area contributed by atoms with E-state index in [4.69, 9.17) is 0 Å². The molecule has 0 bridgehead atoms. The Morgan fingerprint density at radius 2 is 1.89 bits per heavy atom. The van der Waals surface area contributed by atoms with E-state index < -0.39 is 11.6 Å². The summed E-state index contributed by atoms with van der Waals surface area (Å²) in [5, 5.41) is 0. The summed E-state index contributed by atoms with van der Waals surface area (Å²) in [6.07, 6.45) is 3.59. The lowest BCUT2D eigenvalue weighted by atomic mass is 10.1. The van der Waals surface area contributed by atoms with Gasteiger partial charge in [0.25, 0.3) is 0 Å². The molecule has 0 radical (unpaired) electrons. The fourth-order valence-corrected chi connectivity index (χ4v) is 1.93. The highest BCUT2D eigenvalue weighted by atomic mass is 19.1. The molecule has 90 valence electrons. The second kappa shape index (κ2) is 3.91. The first-order valence-corrected chi connectivity index (χ1v) is 5.54. The summed E-state index contributed by atoms with van der Waals surface area (Å²) in [6.45, 7) is 1.96. The van der Waals surface area contributed by atoms with Crippen LogP contribution in [0.4, 0.5) is 8.78 Å². The molecule has 2 heterocycles. The molecule has 1 aromatic carbocycles. The minimum Gasteiger partial charge on any atom is -0.306 e. The molecule has 0 atom stereocenters. The first kappa shape index (κ1) is 10.9. The van der Waals surface area contributed by atoms with Gasteiger partial charge >= 0.3 is 0 Å². The molecule has 0 aliphatic heterocycles. The van der Waals surface area contributed by atoms with Crippen LogP contribution in [0.15, 0.2) is 42.7 Å². The van der Waals surface area contributed by atoms with Crippen LogP contribution in [0.25, 0.3) is 16.9 Å². The van der Waals surface area contributed by atoms with Crippen molar-refractivity contribution in [1.82, 2.24) is 9.38 Å². The van der Waals surface area contributed by atoms with E-state index >= 15 is 0 Å². The van der Waals surface area contributed by atoms with Gasteiger partial charge in [-0.3, -0.25) is 0 Å². The van der Waals surface area contributed by atoms with Crippen molar-refractivity contribution in [3.63, 3.8) is 0 Å². The van der Waals surface area contributed by atoms with Gasteiger partial charge in [0, 0.05) is 18.0 Å². The Bertz CT molecular complexity index is 732. The molecule has 0 aliphatic rings. The second-order valence-corrected chi connectivity index (χ2v) is 4.22. The summed E-state index contributed by atoms with van der Waals surface area (Å²) in [5.41, 5.74) is 2.39. The summed E-state index contributed by atoms with van der Waals surface area (Å²) in [5.74, 6) is -0.948. The summed E-state index contributed by atoms with van der Waals surface area (Å²) >= 11 is 0. The topological polar surface area (TPSA) is 17.3 Å². The molecule has 0 N–H and O–H groups in total. The highest BCUT2D eigenvalue weighted by Gasteiger charge is 2.10. The summed E-state index contributed by atoms with van der Waals surface area (Å²) in [6, 6.07) is 7.13. The minimum absolute atomic E-state index is 0.177. The van der Waals surface area contributed by atoms with E-state index in [1.807, 2.05) is 25.3 Å². The third-order valence-corrected chi connectivity index (χ3v) is 2.80. The van der Waals surface area contributed by atoms with Gasteiger partial charge in [-0.05, 0) is 36.8 Å². The number of hydrogen-bond donors (Lipinski definition) is 0. The van der Waals surface area contributed by atoms with Crippen molar-refractivity contribution >= 4 is 5.65 Å². The molecule has 4 heteroatoms. The highest BCUT2D eigenvalue weighted by Crippen LogP contribution is 2.23. The van der Waals surface area contributed by atoms with Crippen LogP contribution < -0.4 is 0 Å². The monoisotopic (exact) mass is 244 g/mol. The number of rotatable bonds is 1. The van der Waals surface area contributed by atoms with Gasteiger partial charge in [-0.15, -0.1) is 0 Å². The van der Waals surface area contributed by atoms with Crippen molar-refractivity contribution in [2.24, 2.45) is 0 Å². The molecule has 18 heavy (non-hydrogen) atoms. The molecule has 0 unspecified atom stereocenters. The Labute approximate surface area is 103 Å². The summed E-state index contributed by atoms with van der Waals surface area (Å²) in [4.78, 5) is 4.28. The molecule has 0 spiro atoms. The van der Waals surface area contributed by atoms with Crippen LogP contribution in [0.5, 0.6) is 0 Å². The molecular formula is C14H10F2N2. The zero-order chi connectivity index (χ0) is 12.7. The lowest BCUT2D eigenvalue weighted by Crippen LogP contribution is -1.86. The second-order valence-electron chi connectivity index (χ2n) is 4.22. The third-order valence-electron chi connectivity index (χ3n) is 2.80. The third kappa shape index (κ3) is 1.76. The van der Waals surface area contributed by atoms with Gasteiger partial charge in [0.2, 0.25) is 0 Å². The van der Waals surface area contributed by atoms with Crippen LogP contribution in [0.3, 0.4) is 0 Å². The van der Waals surface area contributed by atoms with E-state index in [-0.39, 0.29) is 5.56 Å². The van der Waals surface area contributed by atoms with Gasteiger partial charge < -0.3 is 4.40 Å². The van der Waals surface area contributed by atoms with Gasteiger partial charge in [-0.1, -0.05) is 6.07 Å². The first-order valence-electron chi connectivity index (χ1n) is 5.54. The molecule has 2 nitrogen and oxygen atoms in total. The summed E-state index contributed by atoms with van der Waals surface area (Å²) < 4.78 is 28.6. The van der Waals surface area contributed by atoms with Crippen LogP contribution in [0, 0.1) is 18.6 Å². The Hall–Kier alpha value is -2.23. The normalized spacial score (nSPS) is 11.1. The molecule has 0 aliphatic carbocycles. The van der Waals surface area contributed by atoms with Crippen LogP contribution >= 0.6 is 0 Å². The van der Waals surface area contributed by atoms with Crippen molar-refractivity contribution in [2.45, 2.75) is 6.92 Å². The molecule has 0 amide bonds. The van der Waals surface area contributed by atoms with Gasteiger partial charge in [-0.2, -0.15) is 0 Å². The Kier molecular flexibility index (Phi) is 2.37. The van der Waals surface area contributed by atoms with Gasteiger partial charge in [-0.25, -0.2) is 13.8 Å². The lowest BCUT2D eigenvalue weighted by molar-refractivity contribution is 0.603. The highest BCUT2D eigenvalue weighted by molar-refractivity contribution is 5.63. The van der Waals surface area contributed by atoms with Crippen LogP contribution in [-0.2, 0) is 0 Å². The number of benzene rings is 1. The van der Waals surface area contributed by atoms with Gasteiger partial charge in [0.05, 0.1) is 5.69 Å². The van der Waals surface area contributed by atoms with E-state index in [0.29, 0.717) is 11.3 Å². The quantitative estimate of drug-likeness (QED) is 0.639. The maximum Gasteiger partial charge on any atom is 0.137 e. The fourth-order valence-electron chi connectivity index (χ4n) is 1.93. The van der Waals surface area contributed by atoms with Crippen molar-refractivity contribution in [1.29, 1.82) is 0 Å². The maximum absolute atomic E-state index is 13.6. The maximum atomic E-state index is 13.6. The van der Waals surface area contributed by atoms with Crippen molar-refractivity contribution in [3.8, 4) is 11.3 Å². The zero-order valence-electron chi connectivity index (χ0n) is 9.69. The first-order chi connectivity index (χ1) is 8.63. The van der Waals surface area contributed by atoms with E-state index in [1.165, 1.54) is 0 Å². The van der Waals surface area contributed by atoms with E-state index in [0.717, 1.165) is 23.8 Å². The molecular weight excluding hydrogens is 234 g/mol. The number of aromatic nitrogens is 2. The number of nitrogens with zero attached hydrogens (tertiary/aromatic N) is 2. The molecule has 0 saturated heterocycles. The predicted octanol–water partition coefficient (Wildman–Crippen LogP) is 3.59. The molecule has 2 aromatic heterocycles. The fraction of sp³-hybridized carbons (Fsp3) is 0.0714. The lowest BCUT2D eigenvalue weighted by Gasteiger charge is -1.98. The number of imidazole rings is 1. The largest absolute Gasteiger partial charge is 0.306 e. The van der Waals surface area contributed by atoms with Crippen LogP contribution in [0.1, 0.15) is 5.56 Å². The SMILES string of the molecule is Cc1ccc2nc(-c3cc(F)ccc3F)cn2c1. The molecule has 3 aromatic rings. The van der Waals surface area contributed by atoms with Gasteiger partial charge in [0.1, 0.15) is 17.3 Å². The predicted molar refractivity (Wildman–Crippen MR) is 65.3 cm³/mol. The number of hydrogen-bond acceptors (Lipinski definition) is 1. The van der Waals surface area contributed by atoms with E-state index in [9.17, 15) is 8.78 Å². The molecule has 0 saturated carbocycles. The average molecular weight is 244 g/mol. The van der Waals surface area contributed by atoms with Crippen LogP contribution in [-0.4, -0.2) is 9.38 Å². The number of pyridine rings is 1. The van der Waals surface area contributed by atoms with Crippen molar-refractivity contribution in [3.05, 3.63) is 59.9 Å². The van der Waals surface area contributed by atoms with Crippen molar-refractivity contribution < 1.29 is 8.78 Å². The minimum atomic E-state index is -0.475. The standard InChI is InChI=1S/C14H10F2N2/c1-9-2-5-14-17-13(8-18(14)7-9)11-6-10(15)3-4-12(11)16/h2-8H,1H3. The Balaban J connectivity index is 2.22. The van der Waals surface area contributed by atoms with Crippen LogP contribution in [0.2, 0.25) is 0 Å². The molecule has 3 rings (SSSR count). The number of aryl methyl sites for hydroxylation is 1. The Morgan fingerprint density at radius 1 is 1.06 bits per heavy atom. The summed E-state index contributed by atoms with van der Waals surface area (Å²) in [7, 11) is 0. The Morgan fingerprint density at radius 3 is 2.72 bits per heavy atom. The number of halogens is 2. The van der Waals surface area contributed by atoms with E-state index in [1.54, 1.807) is 10.6 Å².